The average Bonchev–Trinajstić information content (AvgIpc) is 3.13. The lowest BCUT2D eigenvalue weighted by Crippen LogP contribution is -2.34. The topological polar surface area (TPSA) is 28.2 Å². The molecule has 0 amide bonds. The molecule has 2 fully saturated rings. The molecule has 0 atom stereocenters. The lowest BCUT2D eigenvalue weighted by molar-refractivity contribution is 0.612. The molecule has 1 aromatic rings. The predicted octanol–water partition coefficient (Wildman–Crippen LogP) is 3.76. The fourth-order valence-electron chi connectivity index (χ4n) is 3.12. The van der Waals surface area contributed by atoms with Crippen LogP contribution in [0.5, 0.6) is 0 Å². The van der Waals surface area contributed by atoms with Gasteiger partial charge in [-0.15, -0.1) is 0 Å². The van der Waals surface area contributed by atoms with E-state index in [1.807, 2.05) is 6.20 Å². The first kappa shape index (κ1) is 14.2. The molecule has 1 heterocycles. The molecule has 0 aromatic carbocycles. The van der Waals surface area contributed by atoms with Crippen molar-refractivity contribution in [2.75, 3.05) is 11.4 Å². The minimum absolute atomic E-state index is 0.625. The predicted molar refractivity (Wildman–Crippen MR) is 84.4 cm³/mol. The Morgan fingerprint density at radius 1 is 1.30 bits per heavy atom. The highest BCUT2D eigenvalue weighted by atomic mass is 35.5. The third-order valence-electron chi connectivity index (χ3n) is 4.43. The van der Waals surface area contributed by atoms with Crippen LogP contribution in [0.4, 0.5) is 5.82 Å². The van der Waals surface area contributed by atoms with E-state index in [9.17, 15) is 0 Å². The van der Waals surface area contributed by atoms with Crippen molar-refractivity contribution in [3.63, 3.8) is 0 Å². The van der Waals surface area contributed by atoms with E-state index in [1.165, 1.54) is 44.1 Å². The van der Waals surface area contributed by atoms with Crippen LogP contribution in [0.2, 0.25) is 5.02 Å². The van der Waals surface area contributed by atoms with E-state index in [4.69, 9.17) is 11.6 Å². The zero-order valence-corrected chi connectivity index (χ0v) is 13.0. The molecule has 0 saturated heterocycles. The van der Waals surface area contributed by atoms with E-state index in [1.54, 1.807) is 0 Å². The van der Waals surface area contributed by atoms with Gasteiger partial charge in [-0.2, -0.15) is 0 Å². The monoisotopic (exact) mass is 293 g/mol. The highest BCUT2D eigenvalue weighted by molar-refractivity contribution is 6.33. The zero-order valence-electron chi connectivity index (χ0n) is 12.2. The van der Waals surface area contributed by atoms with Gasteiger partial charge in [0.15, 0.2) is 0 Å². The van der Waals surface area contributed by atoms with Crippen LogP contribution in [0.1, 0.15) is 51.0 Å². The van der Waals surface area contributed by atoms with Crippen molar-refractivity contribution in [3.8, 4) is 0 Å². The largest absolute Gasteiger partial charge is 0.353 e. The molecule has 1 N–H and O–H groups in total. The molecule has 110 valence electrons. The normalized spacial score (nSPS) is 19.5. The molecule has 4 heteroatoms. The summed E-state index contributed by atoms with van der Waals surface area (Å²) >= 11 is 6.48. The summed E-state index contributed by atoms with van der Waals surface area (Å²) in [4.78, 5) is 7.03. The Hall–Kier alpha value is -0.800. The number of nitrogens with zero attached hydrogens (tertiary/aromatic N) is 2. The van der Waals surface area contributed by atoms with E-state index in [-0.39, 0.29) is 0 Å². The number of aromatic nitrogens is 1. The van der Waals surface area contributed by atoms with E-state index in [0.29, 0.717) is 6.04 Å². The standard InChI is InChI=1S/C16H24ClN3/c1-2-20(14-5-3-4-6-14)16-15(17)9-12(11-19-16)10-18-13-7-8-13/h9,11,13-14,18H,2-8,10H2,1H3. The number of nitrogens with one attached hydrogen (secondary N) is 1. The molecule has 0 radical (unpaired) electrons. The second kappa shape index (κ2) is 6.31. The summed E-state index contributed by atoms with van der Waals surface area (Å²) in [6, 6.07) is 3.43. The molecular formula is C16H24ClN3. The van der Waals surface area contributed by atoms with Gasteiger partial charge in [0.1, 0.15) is 5.82 Å². The number of anilines is 1. The smallest absolute Gasteiger partial charge is 0.147 e. The molecule has 2 saturated carbocycles. The quantitative estimate of drug-likeness (QED) is 0.866. The Morgan fingerprint density at radius 3 is 2.65 bits per heavy atom. The van der Waals surface area contributed by atoms with Crippen LogP contribution in [0.15, 0.2) is 12.3 Å². The SMILES string of the molecule is CCN(c1ncc(CNC2CC2)cc1Cl)C1CCCC1. The minimum atomic E-state index is 0.625. The highest BCUT2D eigenvalue weighted by Gasteiger charge is 2.24. The van der Waals surface area contributed by atoms with Crippen LogP contribution in [-0.4, -0.2) is 23.6 Å². The van der Waals surface area contributed by atoms with Crippen molar-refractivity contribution in [2.45, 2.75) is 64.1 Å². The van der Waals surface area contributed by atoms with Gasteiger partial charge in [-0.25, -0.2) is 4.98 Å². The maximum atomic E-state index is 6.48. The lowest BCUT2D eigenvalue weighted by Gasteiger charge is -2.29. The van der Waals surface area contributed by atoms with Crippen molar-refractivity contribution in [1.29, 1.82) is 0 Å². The molecular weight excluding hydrogens is 270 g/mol. The molecule has 2 aliphatic carbocycles. The molecule has 20 heavy (non-hydrogen) atoms. The summed E-state index contributed by atoms with van der Waals surface area (Å²) in [5, 5.41) is 4.31. The van der Waals surface area contributed by atoms with Gasteiger partial charge < -0.3 is 10.2 Å². The average molecular weight is 294 g/mol. The van der Waals surface area contributed by atoms with Crippen LogP contribution in [0.25, 0.3) is 0 Å². The van der Waals surface area contributed by atoms with Crippen molar-refractivity contribution in [1.82, 2.24) is 10.3 Å². The number of hydrogen-bond acceptors (Lipinski definition) is 3. The van der Waals surface area contributed by atoms with Crippen molar-refractivity contribution < 1.29 is 0 Å². The molecule has 1 aromatic heterocycles. The Balaban J connectivity index is 1.70. The Kier molecular flexibility index (Phi) is 4.47. The summed E-state index contributed by atoms with van der Waals surface area (Å²) in [7, 11) is 0. The van der Waals surface area contributed by atoms with Gasteiger partial charge in [0.25, 0.3) is 0 Å². The third kappa shape index (κ3) is 3.26. The fraction of sp³-hybridized carbons (Fsp3) is 0.688. The van der Waals surface area contributed by atoms with Crippen molar-refractivity contribution in [2.24, 2.45) is 0 Å². The molecule has 0 bridgehead atoms. The maximum Gasteiger partial charge on any atom is 0.147 e. The molecule has 0 aliphatic heterocycles. The highest BCUT2D eigenvalue weighted by Crippen LogP contribution is 2.31. The van der Waals surface area contributed by atoms with Crippen molar-refractivity contribution >= 4 is 17.4 Å². The molecule has 0 unspecified atom stereocenters. The number of rotatable bonds is 6. The fourth-order valence-corrected chi connectivity index (χ4v) is 3.42. The number of pyridine rings is 1. The summed E-state index contributed by atoms with van der Waals surface area (Å²) in [5.41, 5.74) is 1.19. The summed E-state index contributed by atoms with van der Waals surface area (Å²) in [6.45, 7) is 4.06. The van der Waals surface area contributed by atoms with Gasteiger partial charge in [0.2, 0.25) is 0 Å². The van der Waals surface area contributed by atoms with Crippen LogP contribution in [0.3, 0.4) is 0 Å². The molecule has 2 aliphatic rings. The van der Waals surface area contributed by atoms with Gasteiger partial charge in [-0.1, -0.05) is 24.4 Å². The van der Waals surface area contributed by atoms with Crippen LogP contribution in [0, 0.1) is 0 Å². The van der Waals surface area contributed by atoms with Crippen LogP contribution < -0.4 is 10.2 Å². The lowest BCUT2D eigenvalue weighted by atomic mass is 10.2. The minimum Gasteiger partial charge on any atom is -0.353 e. The van der Waals surface area contributed by atoms with Gasteiger partial charge in [-0.3, -0.25) is 0 Å². The third-order valence-corrected chi connectivity index (χ3v) is 4.71. The van der Waals surface area contributed by atoms with Gasteiger partial charge in [-0.05, 0) is 44.2 Å². The maximum absolute atomic E-state index is 6.48. The van der Waals surface area contributed by atoms with Gasteiger partial charge >= 0.3 is 0 Å². The van der Waals surface area contributed by atoms with Gasteiger partial charge in [0.05, 0.1) is 5.02 Å². The first-order valence-corrected chi connectivity index (χ1v) is 8.30. The van der Waals surface area contributed by atoms with Crippen molar-refractivity contribution in [3.05, 3.63) is 22.8 Å². The Morgan fingerprint density at radius 2 is 2.05 bits per heavy atom. The summed E-state index contributed by atoms with van der Waals surface area (Å²) in [5.74, 6) is 0.969. The Bertz CT molecular complexity index is 453. The Labute approximate surface area is 126 Å². The zero-order chi connectivity index (χ0) is 13.9. The van der Waals surface area contributed by atoms with E-state index in [2.05, 4.69) is 28.2 Å². The first-order chi connectivity index (χ1) is 9.78. The number of hydrogen-bond donors (Lipinski definition) is 1. The van der Waals surface area contributed by atoms with Crippen LogP contribution >= 0.6 is 11.6 Å². The van der Waals surface area contributed by atoms with E-state index < -0.39 is 0 Å². The summed E-state index contributed by atoms with van der Waals surface area (Å²) in [6.07, 6.45) is 9.82. The van der Waals surface area contributed by atoms with Crippen LogP contribution in [-0.2, 0) is 6.54 Å². The second-order valence-corrected chi connectivity index (χ2v) is 6.44. The van der Waals surface area contributed by atoms with E-state index >= 15 is 0 Å². The second-order valence-electron chi connectivity index (χ2n) is 6.03. The molecule has 3 rings (SSSR count). The van der Waals surface area contributed by atoms with Gasteiger partial charge in [0, 0.05) is 31.4 Å². The number of halogens is 1. The van der Waals surface area contributed by atoms with E-state index in [0.717, 1.165) is 30.0 Å². The molecule has 0 spiro atoms. The first-order valence-electron chi connectivity index (χ1n) is 7.92. The molecule has 3 nitrogen and oxygen atoms in total. The summed E-state index contributed by atoms with van der Waals surface area (Å²) < 4.78 is 0.